The highest BCUT2D eigenvalue weighted by Gasteiger charge is 2.28. The van der Waals surface area contributed by atoms with Crippen molar-refractivity contribution in [2.45, 2.75) is 30.2 Å². The summed E-state index contributed by atoms with van der Waals surface area (Å²) in [6.07, 6.45) is 1.94. The second-order valence-corrected chi connectivity index (χ2v) is 8.93. The molecular weight excluding hydrogens is 429 g/mol. The topological polar surface area (TPSA) is 77.0 Å². The van der Waals surface area contributed by atoms with Crippen molar-refractivity contribution < 1.29 is 4.79 Å². The highest BCUT2D eigenvalue weighted by Crippen LogP contribution is 2.33. The first kappa shape index (κ1) is 20.1. The molecule has 0 aliphatic carbocycles. The molecule has 0 bridgehead atoms. The highest BCUT2D eigenvalue weighted by molar-refractivity contribution is 8.00. The predicted molar refractivity (Wildman–Crippen MR) is 118 cm³/mol. The number of aryl methyl sites for hydroxylation is 1. The molecule has 1 unspecified atom stereocenters. The Bertz CT molecular complexity index is 1070. The number of benzene rings is 2. The molecule has 2 heterocycles. The molecular formula is C20H19Cl2N5OS. The van der Waals surface area contributed by atoms with Crippen molar-refractivity contribution in [3.63, 3.8) is 0 Å². The molecule has 29 heavy (non-hydrogen) atoms. The van der Waals surface area contributed by atoms with Gasteiger partial charge in [0, 0.05) is 22.8 Å². The van der Waals surface area contributed by atoms with Crippen LogP contribution in [0, 0.1) is 0 Å². The minimum atomic E-state index is -0.379. The Morgan fingerprint density at radius 2 is 2.00 bits per heavy atom. The van der Waals surface area contributed by atoms with E-state index in [9.17, 15) is 4.79 Å². The van der Waals surface area contributed by atoms with Crippen molar-refractivity contribution in [1.82, 2.24) is 14.9 Å². The van der Waals surface area contributed by atoms with E-state index in [4.69, 9.17) is 29.0 Å². The van der Waals surface area contributed by atoms with E-state index in [0.717, 1.165) is 18.5 Å². The summed E-state index contributed by atoms with van der Waals surface area (Å²) in [5.41, 5.74) is 2.77. The fraction of sp³-hybridized carbons (Fsp3) is 0.250. The number of carbonyl (C=O) groups excluding carboxylic acids is 1. The number of para-hydroxylation sites is 1. The summed E-state index contributed by atoms with van der Waals surface area (Å²) >= 11 is 13.6. The minimum absolute atomic E-state index is 0.0208. The number of nitrogen functional groups attached to an aromatic ring is 1. The standard InChI is InChI=1S/C20H19Cl2N5OS/c1-12(19(28)26-10-4-6-13-5-2-3-7-17(13)26)29-20-25-24-18(27(20)23)15-11-14(21)8-9-16(15)22/h2-3,5,7-9,11-12H,4,6,10,23H2,1H3. The first-order valence-corrected chi connectivity index (χ1v) is 10.8. The summed E-state index contributed by atoms with van der Waals surface area (Å²) in [5, 5.41) is 9.35. The molecule has 4 rings (SSSR count). The SMILES string of the molecule is CC(Sc1nnc(-c2cc(Cl)ccc2Cl)n1N)C(=O)N1CCCc2ccccc21. The number of thioether (sulfide) groups is 1. The van der Waals surface area contributed by atoms with E-state index in [1.165, 1.54) is 22.0 Å². The minimum Gasteiger partial charge on any atom is -0.335 e. The third-order valence-electron chi connectivity index (χ3n) is 4.84. The van der Waals surface area contributed by atoms with E-state index < -0.39 is 0 Å². The average molecular weight is 448 g/mol. The zero-order valence-electron chi connectivity index (χ0n) is 15.7. The third-order valence-corrected chi connectivity index (χ3v) is 6.45. The molecule has 2 aromatic carbocycles. The van der Waals surface area contributed by atoms with Crippen molar-refractivity contribution in [2.75, 3.05) is 17.3 Å². The van der Waals surface area contributed by atoms with Crippen molar-refractivity contribution in [3.05, 3.63) is 58.1 Å². The Morgan fingerprint density at radius 1 is 1.21 bits per heavy atom. The predicted octanol–water partition coefficient (Wildman–Crippen LogP) is 4.43. The van der Waals surface area contributed by atoms with Gasteiger partial charge in [0.1, 0.15) is 0 Å². The molecule has 1 aliphatic rings. The molecule has 1 aromatic heterocycles. The van der Waals surface area contributed by atoms with Crippen molar-refractivity contribution in [2.24, 2.45) is 0 Å². The van der Waals surface area contributed by atoms with Crippen LogP contribution in [0.25, 0.3) is 11.4 Å². The zero-order valence-corrected chi connectivity index (χ0v) is 18.0. The van der Waals surface area contributed by atoms with Gasteiger partial charge in [-0.3, -0.25) is 4.79 Å². The van der Waals surface area contributed by atoms with Crippen molar-refractivity contribution in [1.29, 1.82) is 0 Å². The third kappa shape index (κ3) is 3.95. The van der Waals surface area contributed by atoms with E-state index in [1.807, 2.05) is 30.0 Å². The van der Waals surface area contributed by atoms with Crippen LogP contribution in [0.3, 0.4) is 0 Å². The fourth-order valence-electron chi connectivity index (χ4n) is 3.40. The monoisotopic (exact) mass is 447 g/mol. The maximum atomic E-state index is 13.1. The molecule has 0 radical (unpaired) electrons. The number of anilines is 1. The van der Waals surface area contributed by atoms with Crippen LogP contribution in [-0.4, -0.2) is 32.6 Å². The van der Waals surface area contributed by atoms with Crippen LogP contribution < -0.4 is 10.7 Å². The van der Waals surface area contributed by atoms with Gasteiger partial charge >= 0.3 is 0 Å². The van der Waals surface area contributed by atoms with Crippen LogP contribution in [0.15, 0.2) is 47.6 Å². The fourth-order valence-corrected chi connectivity index (χ4v) is 4.61. The van der Waals surface area contributed by atoms with Crippen LogP contribution in [0.4, 0.5) is 5.69 Å². The quantitative estimate of drug-likeness (QED) is 0.472. The maximum absolute atomic E-state index is 13.1. The first-order chi connectivity index (χ1) is 14.0. The Morgan fingerprint density at radius 3 is 2.83 bits per heavy atom. The van der Waals surface area contributed by atoms with Gasteiger partial charge in [0.25, 0.3) is 0 Å². The van der Waals surface area contributed by atoms with Gasteiger partial charge in [0.15, 0.2) is 5.82 Å². The number of hydrogen-bond acceptors (Lipinski definition) is 5. The lowest BCUT2D eigenvalue weighted by Gasteiger charge is -2.31. The maximum Gasteiger partial charge on any atom is 0.240 e. The average Bonchev–Trinajstić information content (AvgIpc) is 3.08. The van der Waals surface area contributed by atoms with Crippen molar-refractivity contribution in [3.8, 4) is 11.4 Å². The van der Waals surface area contributed by atoms with Crippen LogP contribution >= 0.6 is 35.0 Å². The summed E-state index contributed by atoms with van der Waals surface area (Å²) in [7, 11) is 0. The molecule has 150 valence electrons. The number of nitrogens with two attached hydrogens (primary N) is 1. The number of nitrogens with zero attached hydrogens (tertiary/aromatic N) is 4. The van der Waals surface area contributed by atoms with E-state index in [1.54, 1.807) is 18.2 Å². The highest BCUT2D eigenvalue weighted by atomic mass is 35.5. The van der Waals surface area contributed by atoms with E-state index in [-0.39, 0.29) is 11.2 Å². The molecule has 6 nitrogen and oxygen atoms in total. The second-order valence-electron chi connectivity index (χ2n) is 6.78. The molecule has 0 saturated heterocycles. The van der Waals surface area contributed by atoms with Gasteiger partial charge in [-0.25, -0.2) is 4.68 Å². The lowest BCUT2D eigenvalue weighted by molar-refractivity contribution is -0.117. The van der Waals surface area contributed by atoms with Gasteiger partial charge in [-0.1, -0.05) is 53.2 Å². The lowest BCUT2D eigenvalue weighted by atomic mass is 10.0. The summed E-state index contributed by atoms with van der Waals surface area (Å²) in [4.78, 5) is 15.0. The molecule has 0 saturated carbocycles. The summed E-state index contributed by atoms with van der Waals surface area (Å²) in [6.45, 7) is 2.56. The summed E-state index contributed by atoms with van der Waals surface area (Å²) < 4.78 is 1.34. The Kier molecular flexibility index (Phi) is 5.72. The zero-order chi connectivity index (χ0) is 20.5. The van der Waals surface area contributed by atoms with Gasteiger partial charge in [-0.2, -0.15) is 0 Å². The molecule has 9 heteroatoms. The van der Waals surface area contributed by atoms with Crippen LogP contribution in [-0.2, 0) is 11.2 Å². The summed E-state index contributed by atoms with van der Waals surface area (Å²) in [5.74, 6) is 6.61. The first-order valence-electron chi connectivity index (χ1n) is 9.17. The number of halogens is 2. The van der Waals surface area contributed by atoms with Gasteiger partial charge in [0.05, 0.1) is 10.3 Å². The van der Waals surface area contributed by atoms with Crippen LogP contribution in [0.1, 0.15) is 18.9 Å². The molecule has 1 amide bonds. The van der Waals surface area contributed by atoms with Crippen molar-refractivity contribution >= 4 is 46.6 Å². The van der Waals surface area contributed by atoms with Gasteiger partial charge in [-0.15, -0.1) is 10.2 Å². The largest absolute Gasteiger partial charge is 0.335 e. The van der Waals surface area contributed by atoms with Gasteiger partial charge in [0.2, 0.25) is 11.1 Å². The normalized spacial score (nSPS) is 14.5. The molecule has 0 spiro atoms. The molecule has 1 atom stereocenters. The van der Waals surface area contributed by atoms with Gasteiger partial charge < -0.3 is 10.7 Å². The molecule has 2 N–H and O–H groups in total. The van der Waals surface area contributed by atoms with Crippen LogP contribution in [0.5, 0.6) is 0 Å². The van der Waals surface area contributed by atoms with E-state index in [0.29, 0.717) is 33.1 Å². The Hall–Kier alpha value is -2.22. The number of hydrogen-bond donors (Lipinski definition) is 1. The Labute approximate surface area is 183 Å². The smallest absolute Gasteiger partial charge is 0.240 e. The second kappa shape index (κ2) is 8.26. The lowest BCUT2D eigenvalue weighted by Crippen LogP contribution is -2.40. The molecule has 3 aromatic rings. The molecule has 0 fully saturated rings. The number of fused-ring (bicyclic) bond motifs is 1. The van der Waals surface area contributed by atoms with Crippen LogP contribution in [0.2, 0.25) is 10.0 Å². The number of carbonyl (C=O) groups is 1. The number of amides is 1. The van der Waals surface area contributed by atoms with E-state index in [2.05, 4.69) is 16.3 Å². The molecule has 1 aliphatic heterocycles. The number of aromatic nitrogens is 3. The van der Waals surface area contributed by atoms with E-state index >= 15 is 0 Å². The summed E-state index contributed by atoms with van der Waals surface area (Å²) in [6, 6.07) is 13.1. The Balaban J connectivity index is 1.55. The van der Waals surface area contributed by atoms with Gasteiger partial charge in [-0.05, 0) is 49.6 Å². The number of rotatable bonds is 4.